The zero-order valence-electron chi connectivity index (χ0n) is 12.3. The quantitative estimate of drug-likeness (QED) is 0.635. The zero-order valence-corrected chi connectivity index (χ0v) is 13.1. The van der Waals surface area contributed by atoms with Crippen molar-refractivity contribution in [2.24, 2.45) is 5.84 Å². The van der Waals surface area contributed by atoms with Crippen LogP contribution in [0.15, 0.2) is 23.6 Å². The second-order valence-electron chi connectivity index (χ2n) is 5.53. The first-order valence-corrected chi connectivity index (χ1v) is 8.24. The van der Waals surface area contributed by atoms with Crippen LogP contribution in [0.1, 0.15) is 28.2 Å². The lowest BCUT2D eigenvalue weighted by molar-refractivity contribution is 0.357. The van der Waals surface area contributed by atoms with Gasteiger partial charge >= 0.3 is 0 Å². The highest BCUT2D eigenvalue weighted by atomic mass is 32.1. The Labute approximate surface area is 129 Å². The molecule has 4 nitrogen and oxygen atoms in total. The van der Waals surface area contributed by atoms with E-state index >= 15 is 0 Å². The van der Waals surface area contributed by atoms with Crippen LogP contribution in [0.5, 0.6) is 5.75 Å². The average Bonchev–Trinajstić information content (AvgIpc) is 3.11. The molecule has 0 spiro atoms. The first-order chi connectivity index (χ1) is 10.2. The molecule has 1 aromatic carbocycles. The van der Waals surface area contributed by atoms with Gasteiger partial charge in [0.2, 0.25) is 0 Å². The summed E-state index contributed by atoms with van der Waals surface area (Å²) < 4.78 is 5.54. The Morgan fingerprint density at radius 3 is 3.14 bits per heavy atom. The van der Waals surface area contributed by atoms with E-state index in [2.05, 4.69) is 34.0 Å². The second-order valence-corrected chi connectivity index (χ2v) is 6.47. The van der Waals surface area contributed by atoms with E-state index in [9.17, 15) is 0 Å². The topological polar surface area (TPSA) is 60.2 Å². The lowest BCUT2D eigenvalue weighted by Crippen LogP contribution is -2.37. The number of hydrogen-bond donors (Lipinski definition) is 2. The summed E-state index contributed by atoms with van der Waals surface area (Å²) in [5.41, 5.74) is 6.70. The minimum atomic E-state index is 0.264. The summed E-state index contributed by atoms with van der Waals surface area (Å²) in [6.07, 6.45) is 3.95. The van der Waals surface area contributed by atoms with E-state index in [4.69, 9.17) is 10.6 Å². The predicted molar refractivity (Wildman–Crippen MR) is 85.6 cm³/mol. The Morgan fingerprint density at radius 2 is 2.38 bits per heavy atom. The number of ether oxygens (including phenoxy) is 1. The largest absolute Gasteiger partial charge is 0.493 e. The van der Waals surface area contributed by atoms with Crippen LogP contribution < -0.4 is 16.0 Å². The molecule has 1 atom stereocenters. The molecule has 2 aromatic rings. The molecule has 1 unspecified atom stereocenters. The molecular formula is C16H21N3OS. The van der Waals surface area contributed by atoms with E-state index in [1.165, 1.54) is 11.1 Å². The van der Waals surface area contributed by atoms with Crippen molar-refractivity contribution in [3.63, 3.8) is 0 Å². The number of nitrogens with two attached hydrogens (primary N) is 1. The molecule has 1 aliphatic heterocycles. The number of hydrazine groups is 1. The number of rotatable bonds is 6. The third-order valence-corrected chi connectivity index (χ3v) is 4.85. The summed E-state index contributed by atoms with van der Waals surface area (Å²) in [5.74, 6) is 6.74. The number of fused-ring (bicyclic) bond motifs is 1. The number of hydrogen-bond acceptors (Lipinski definition) is 5. The van der Waals surface area contributed by atoms with Crippen molar-refractivity contribution < 1.29 is 4.74 Å². The van der Waals surface area contributed by atoms with Crippen molar-refractivity contribution in [2.45, 2.75) is 38.6 Å². The van der Waals surface area contributed by atoms with Gasteiger partial charge in [0.25, 0.3) is 0 Å². The molecule has 0 radical (unpaired) electrons. The molecule has 0 fully saturated rings. The summed E-state index contributed by atoms with van der Waals surface area (Å²) in [7, 11) is 0. The molecule has 1 aliphatic rings. The van der Waals surface area contributed by atoms with Crippen molar-refractivity contribution in [3.05, 3.63) is 45.4 Å². The molecule has 5 heteroatoms. The highest BCUT2D eigenvalue weighted by Crippen LogP contribution is 2.26. The van der Waals surface area contributed by atoms with Gasteiger partial charge in [0.15, 0.2) is 0 Å². The third-order valence-electron chi connectivity index (χ3n) is 3.86. The van der Waals surface area contributed by atoms with Crippen molar-refractivity contribution in [1.82, 2.24) is 10.4 Å². The van der Waals surface area contributed by atoms with E-state index < -0.39 is 0 Å². The minimum absolute atomic E-state index is 0.264. The van der Waals surface area contributed by atoms with Gasteiger partial charge in [-0.25, -0.2) is 4.98 Å². The molecule has 0 amide bonds. The van der Waals surface area contributed by atoms with E-state index in [-0.39, 0.29) is 6.04 Å². The fourth-order valence-corrected chi connectivity index (χ4v) is 3.54. The molecule has 21 heavy (non-hydrogen) atoms. The van der Waals surface area contributed by atoms with Gasteiger partial charge in [-0.3, -0.25) is 11.3 Å². The van der Waals surface area contributed by atoms with E-state index in [1.807, 2.05) is 6.92 Å². The Morgan fingerprint density at radius 1 is 1.48 bits per heavy atom. The standard InChI is InChI=1S/C16H21N3OS/c1-11-10-21-16(18-11)9-14(19-17)4-2-12-3-5-15-13(8-12)6-7-20-15/h3,5,8,10,14,19H,2,4,6-7,9,17H2,1H3. The fourth-order valence-electron chi connectivity index (χ4n) is 2.69. The van der Waals surface area contributed by atoms with Crippen molar-refractivity contribution in [2.75, 3.05) is 6.61 Å². The molecule has 3 rings (SSSR count). The van der Waals surface area contributed by atoms with Crippen LogP contribution >= 0.6 is 11.3 Å². The Bertz CT molecular complexity index is 611. The van der Waals surface area contributed by atoms with E-state index in [0.717, 1.165) is 48.7 Å². The maximum absolute atomic E-state index is 5.69. The van der Waals surface area contributed by atoms with Gasteiger partial charge in [0.05, 0.1) is 11.6 Å². The average molecular weight is 303 g/mol. The monoisotopic (exact) mass is 303 g/mol. The Balaban J connectivity index is 1.57. The van der Waals surface area contributed by atoms with E-state index in [1.54, 1.807) is 11.3 Å². The first-order valence-electron chi connectivity index (χ1n) is 7.36. The lowest BCUT2D eigenvalue weighted by atomic mass is 10.0. The summed E-state index contributed by atoms with van der Waals surface area (Å²) in [5, 5.41) is 3.24. The Kier molecular flexibility index (Phi) is 4.53. The summed E-state index contributed by atoms with van der Waals surface area (Å²) in [6, 6.07) is 6.78. The number of nitrogens with one attached hydrogen (secondary N) is 1. The highest BCUT2D eigenvalue weighted by Gasteiger charge is 2.14. The van der Waals surface area contributed by atoms with Gasteiger partial charge in [-0.15, -0.1) is 11.3 Å². The smallest absolute Gasteiger partial charge is 0.122 e. The van der Waals surface area contributed by atoms with Crippen LogP contribution in [0.2, 0.25) is 0 Å². The number of nitrogens with zero attached hydrogens (tertiary/aromatic N) is 1. The van der Waals surface area contributed by atoms with Gasteiger partial charge in [0, 0.05) is 30.0 Å². The van der Waals surface area contributed by atoms with Gasteiger partial charge in [-0.1, -0.05) is 12.1 Å². The van der Waals surface area contributed by atoms with Crippen LogP contribution in [-0.2, 0) is 19.3 Å². The van der Waals surface area contributed by atoms with Gasteiger partial charge < -0.3 is 4.74 Å². The van der Waals surface area contributed by atoms with Crippen molar-refractivity contribution in [1.29, 1.82) is 0 Å². The molecule has 0 bridgehead atoms. The molecule has 112 valence electrons. The van der Waals surface area contributed by atoms with Crippen LogP contribution in [0.4, 0.5) is 0 Å². The molecule has 3 N–H and O–H groups in total. The molecule has 1 aromatic heterocycles. The first kappa shape index (κ1) is 14.5. The summed E-state index contributed by atoms with van der Waals surface area (Å²) in [4.78, 5) is 4.51. The Hall–Kier alpha value is -1.43. The van der Waals surface area contributed by atoms with E-state index in [0.29, 0.717) is 0 Å². The second kappa shape index (κ2) is 6.56. The zero-order chi connectivity index (χ0) is 14.7. The minimum Gasteiger partial charge on any atom is -0.493 e. The summed E-state index contributed by atoms with van der Waals surface area (Å²) >= 11 is 1.71. The van der Waals surface area contributed by atoms with Gasteiger partial charge in [0.1, 0.15) is 5.75 Å². The molecule has 0 saturated heterocycles. The number of benzene rings is 1. The molecular weight excluding hydrogens is 282 g/mol. The third kappa shape index (κ3) is 3.61. The van der Waals surface area contributed by atoms with Crippen LogP contribution in [0, 0.1) is 6.92 Å². The number of thiazole rings is 1. The molecule has 0 aliphatic carbocycles. The molecule has 0 saturated carbocycles. The van der Waals surface area contributed by atoms with Gasteiger partial charge in [-0.05, 0) is 37.0 Å². The van der Waals surface area contributed by atoms with Gasteiger partial charge in [-0.2, -0.15) is 0 Å². The SMILES string of the molecule is Cc1csc(CC(CCc2ccc3c(c2)CCO3)NN)n1. The predicted octanol–water partition coefficient (Wildman–Crippen LogP) is 2.39. The van der Waals surface area contributed by atoms with Crippen LogP contribution in [-0.4, -0.2) is 17.6 Å². The number of aryl methyl sites for hydroxylation is 2. The normalized spacial score (nSPS) is 14.8. The molecule has 2 heterocycles. The maximum Gasteiger partial charge on any atom is 0.122 e. The van der Waals surface area contributed by atoms with Crippen molar-refractivity contribution in [3.8, 4) is 5.75 Å². The summed E-state index contributed by atoms with van der Waals surface area (Å²) in [6.45, 7) is 2.84. The fraction of sp³-hybridized carbons (Fsp3) is 0.438. The van der Waals surface area contributed by atoms with Crippen LogP contribution in [0.25, 0.3) is 0 Å². The van der Waals surface area contributed by atoms with Crippen LogP contribution in [0.3, 0.4) is 0 Å². The van der Waals surface area contributed by atoms with Crippen molar-refractivity contribution >= 4 is 11.3 Å². The number of aromatic nitrogens is 1. The maximum atomic E-state index is 5.69. The lowest BCUT2D eigenvalue weighted by Gasteiger charge is -2.14. The highest BCUT2D eigenvalue weighted by molar-refractivity contribution is 7.09.